The summed E-state index contributed by atoms with van der Waals surface area (Å²) in [7, 11) is 0. The lowest BCUT2D eigenvalue weighted by molar-refractivity contribution is 0.582. The average Bonchev–Trinajstić information content (AvgIpc) is 2.48. The zero-order valence-corrected chi connectivity index (χ0v) is 10.1. The molecule has 2 rings (SSSR count). The van der Waals surface area contributed by atoms with Gasteiger partial charge in [-0.15, -0.1) is 0 Å². The summed E-state index contributed by atoms with van der Waals surface area (Å²) < 4.78 is 1.48. The number of hydrogen-bond acceptors (Lipinski definition) is 3. The molecule has 0 radical (unpaired) electrons. The fraction of sp³-hybridized carbons (Fsp3) is 0.444. The topological polar surface area (TPSA) is 43.1 Å². The van der Waals surface area contributed by atoms with Crippen LogP contribution in [0.4, 0.5) is 0 Å². The maximum Gasteiger partial charge on any atom is 0.254 e. The number of halogens is 2. The molecule has 0 bridgehead atoms. The zero-order valence-electron chi connectivity index (χ0n) is 8.62. The summed E-state index contributed by atoms with van der Waals surface area (Å²) in [6.07, 6.45) is 1.40. The number of aromatic nitrogens is 4. The smallest absolute Gasteiger partial charge is 0.199 e. The monoisotopic (exact) mass is 244 g/mol. The van der Waals surface area contributed by atoms with E-state index in [4.69, 9.17) is 23.2 Å². The van der Waals surface area contributed by atoms with Crippen LogP contribution in [0.5, 0.6) is 0 Å². The Balaban J connectivity index is 2.84. The van der Waals surface area contributed by atoms with E-state index < -0.39 is 0 Å². The molecule has 0 aliphatic heterocycles. The third-order valence-corrected chi connectivity index (χ3v) is 2.70. The Morgan fingerprint density at radius 2 is 1.93 bits per heavy atom. The number of fused-ring (bicyclic) bond motifs is 1. The predicted octanol–water partition coefficient (Wildman–Crippen LogP) is 2.73. The third kappa shape index (κ3) is 1.68. The summed E-state index contributed by atoms with van der Waals surface area (Å²) in [5, 5.41) is 4.84. The lowest BCUT2D eigenvalue weighted by atomic mass is 9.89. The Morgan fingerprint density at radius 1 is 1.27 bits per heavy atom. The van der Waals surface area contributed by atoms with E-state index in [1.165, 1.54) is 10.8 Å². The Hall–Kier alpha value is -0.870. The molecule has 15 heavy (non-hydrogen) atoms. The number of rotatable bonds is 0. The molecule has 0 saturated heterocycles. The van der Waals surface area contributed by atoms with E-state index in [9.17, 15) is 0 Å². The van der Waals surface area contributed by atoms with Gasteiger partial charge in [0, 0.05) is 5.56 Å². The van der Waals surface area contributed by atoms with Crippen LogP contribution in [0.25, 0.3) is 5.78 Å². The second-order valence-corrected chi connectivity index (χ2v) is 5.01. The highest BCUT2D eigenvalue weighted by Gasteiger charge is 2.24. The minimum absolute atomic E-state index is 0.179. The Morgan fingerprint density at radius 3 is 2.53 bits per heavy atom. The van der Waals surface area contributed by atoms with Crippen molar-refractivity contribution in [1.29, 1.82) is 0 Å². The predicted molar refractivity (Wildman–Crippen MR) is 59.5 cm³/mol. The van der Waals surface area contributed by atoms with Gasteiger partial charge in [0.25, 0.3) is 5.78 Å². The van der Waals surface area contributed by atoms with Crippen LogP contribution in [0.3, 0.4) is 0 Å². The van der Waals surface area contributed by atoms with Gasteiger partial charge >= 0.3 is 0 Å². The number of hydrogen-bond donors (Lipinski definition) is 0. The van der Waals surface area contributed by atoms with Crippen molar-refractivity contribution in [2.45, 2.75) is 26.2 Å². The van der Waals surface area contributed by atoms with Crippen LogP contribution in [0.15, 0.2) is 6.33 Å². The van der Waals surface area contributed by atoms with Gasteiger partial charge in [0.05, 0.1) is 0 Å². The van der Waals surface area contributed by atoms with Gasteiger partial charge in [-0.05, 0) is 5.41 Å². The molecule has 4 nitrogen and oxygen atoms in total. The molecule has 0 unspecified atom stereocenters. The zero-order chi connectivity index (χ0) is 11.2. The van der Waals surface area contributed by atoms with Gasteiger partial charge < -0.3 is 0 Å². The van der Waals surface area contributed by atoms with E-state index >= 15 is 0 Å². The van der Waals surface area contributed by atoms with Crippen LogP contribution in [0, 0.1) is 0 Å². The molecule has 0 aliphatic carbocycles. The van der Waals surface area contributed by atoms with Crippen LogP contribution in [-0.2, 0) is 5.41 Å². The number of nitrogens with zero attached hydrogens (tertiary/aromatic N) is 4. The van der Waals surface area contributed by atoms with E-state index in [1.54, 1.807) is 0 Å². The van der Waals surface area contributed by atoms with Gasteiger partial charge in [-0.1, -0.05) is 44.0 Å². The first-order chi connectivity index (χ1) is 6.91. The maximum atomic E-state index is 6.21. The minimum Gasteiger partial charge on any atom is -0.199 e. The fourth-order valence-corrected chi connectivity index (χ4v) is 2.39. The first-order valence-corrected chi connectivity index (χ1v) is 5.22. The van der Waals surface area contributed by atoms with Crippen molar-refractivity contribution < 1.29 is 0 Å². The van der Waals surface area contributed by atoms with E-state index in [-0.39, 0.29) is 5.41 Å². The van der Waals surface area contributed by atoms with Gasteiger partial charge in [-0.25, -0.2) is 0 Å². The van der Waals surface area contributed by atoms with E-state index in [0.717, 1.165) is 5.56 Å². The normalized spacial score (nSPS) is 12.3. The molecular weight excluding hydrogens is 235 g/mol. The molecule has 0 saturated carbocycles. The maximum absolute atomic E-state index is 6.21. The van der Waals surface area contributed by atoms with Crippen LogP contribution < -0.4 is 0 Å². The van der Waals surface area contributed by atoms with Gasteiger partial charge in [-0.2, -0.15) is 19.6 Å². The first-order valence-electron chi connectivity index (χ1n) is 4.46. The minimum atomic E-state index is -0.179. The molecule has 80 valence electrons. The van der Waals surface area contributed by atoms with Crippen molar-refractivity contribution in [1.82, 2.24) is 19.6 Å². The molecule has 0 aromatic carbocycles. The van der Waals surface area contributed by atoms with Crippen molar-refractivity contribution in [2.24, 2.45) is 0 Å². The molecule has 2 aromatic rings. The average molecular weight is 245 g/mol. The SMILES string of the molecule is CC(C)(C)c1c(Cl)nc2ncnn2c1Cl. The van der Waals surface area contributed by atoms with Crippen LogP contribution >= 0.6 is 23.2 Å². The lowest BCUT2D eigenvalue weighted by Gasteiger charge is -2.21. The second-order valence-electron chi connectivity index (χ2n) is 4.29. The highest BCUT2D eigenvalue weighted by Crippen LogP contribution is 2.34. The largest absolute Gasteiger partial charge is 0.254 e. The molecule has 2 aromatic heterocycles. The standard InChI is InChI=1S/C9H10Cl2N4/c1-9(2,3)5-6(10)14-8-12-4-13-15(8)7(5)11/h4H,1-3H3. The van der Waals surface area contributed by atoms with E-state index in [1.807, 2.05) is 20.8 Å². The van der Waals surface area contributed by atoms with Crippen molar-refractivity contribution in [3.05, 3.63) is 22.2 Å². The van der Waals surface area contributed by atoms with E-state index in [0.29, 0.717) is 16.1 Å². The molecule has 0 atom stereocenters. The van der Waals surface area contributed by atoms with Gasteiger partial charge in [0.2, 0.25) is 0 Å². The Kier molecular flexibility index (Phi) is 2.35. The molecule has 6 heteroatoms. The van der Waals surface area contributed by atoms with Crippen molar-refractivity contribution >= 4 is 29.0 Å². The summed E-state index contributed by atoms with van der Waals surface area (Å²) in [5.41, 5.74) is 0.602. The third-order valence-electron chi connectivity index (χ3n) is 2.08. The van der Waals surface area contributed by atoms with Gasteiger partial charge in [-0.3, -0.25) is 0 Å². The molecule has 2 heterocycles. The first kappa shape index (κ1) is 10.6. The Labute approximate surface area is 97.2 Å². The molecule has 0 amide bonds. The van der Waals surface area contributed by atoms with Crippen LogP contribution in [0.2, 0.25) is 10.3 Å². The van der Waals surface area contributed by atoms with Gasteiger partial charge in [0.1, 0.15) is 16.6 Å². The summed E-state index contributed by atoms with van der Waals surface area (Å²) in [6.45, 7) is 6.06. The summed E-state index contributed by atoms with van der Waals surface area (Å²) >= 11 is 12.3. The van der Waals surface area contributed by atoms with Crippen molar-refractivity contribution in [3.63, 3.8) is 0 Å². The molecule has 0 aliphatic rings. The molecule has 0 fully saturated rings. The van der Waals surface area contributed by atoms with Crippen LogP contribution in [0.1, 0.15) is 26.3 Å². The van der Waals surface area contributed by atoms with Crippen molar-refractivity contribution in [3.8, 4) is 0 Å². The Bertz CT molecular complexity index is 513. The second kappa shape index (κ2) is 3.32. The highest BCUT2D eigenvalue weighted by atomic mass is 35.5. The molecule has 0 N–H and O–H groups in total. The van der Waals surface area contributed by atoms with E-state index in [2.05, 4.69) is 15.1 Å². The van der Waals surface area contributed by atoms with Crippen LogP contribution in [-0.4, -0.2) is 19.6 Å². The van der Waals surface area contributed by atoms with Crippen molar-refractivity contribution in [2.75, 3.05) is 0 Å². The fourth-order valence-electron chi connectivity index (χ4n) is 1.40. The summed E-state index contributed by atoms with van der Waals surface area (Å²) in [5.74, 6) is 0.415. The molecule has 0 spiro atoms. The lowest BCUT2D eigenvalue weighted by Crippen LogP contribution is -2.16. The summed E-state index contributed by atoms with van der Waals surface area (Å²) in [4.78, 5) is 8.07. The quantitative estimate of drug-likeness (QED) is 0.670. The summed E-state index contributed by atoms with van der Waals surface area (Å²) in [6, 6.07) is 0. The highest BCUT2D eigenvalue weighted by molar-refractivity contribution is 6.35. The molecular formula is C9H10Cl2N4. The van der Waals surface area contributed by atoms with Gasteiger partial charge in [0.15, 0.2) is 0 Å².